The summed E-state index contributed by atoms with van der Waals surface area (Å²) < 4.78 is 32.3. The fourth-order valence-electron chi connectivity index (χ4n) is 4.33. The van der Waals surface area contributed by atoms with Crippen molar-refractivity contribution >= 4 is 27.3 Å². The van der Waals surface area contributed by atoms with E-state index in [0.717, 1.165) is 25.2 Å². The first-order valence-electron chi connectivity index (χ1n) is 10.8. The summed E-state index contributed by atoms with van der Waals surface area (Å²) in [5.74, 6) is 0.868. The van der Waals surface area contributed by atoms with Gasteiger partial charge in [0.1, 0.15) is 11.9 Å². The van der Waals surface area contributed by atoms with E-state index in [4.69, 9.17) is 16.3 Å². The average molecular weight is 464 g/mol. The minimum atomic E-state index is -3.12. The van der Waals surface area contributed by atoms with E-state index in [-0.39, 0.29) is 11.9 Å². The number of halogens is 1. The molecule has 2 aliphatic rings. The Morgan fingerprint density at radius 1 is 1.06 bits per heavy atom. The SMILES string of the molecule is CCS(=O)(=O)N1CCN(c2ccc3c(c2)CN(C)CCC3Oc2ccccc2Cl)CC1. The molecule has 2 aliphatic heterocycles. The number of nitrogens with zero attached hydrogens (tertiary/aromatic N) is 3. The number of benzene rings is 2. The van der Waals surface area contributed by atoms with E-state index in [1.54, 1.807) is 11.2 Å². The Bertz CT molecular complexity index is 1020. The summed E-state index contributed by atoms with van der Waals surface area (Å²) in [5.41, 5.74) is 3.58. The van der Waals surface area contributed by atoms with Gasteiger partial charge in [0.2, 0.25) is 10.0 Å². The zero-order valence-corrected chi connectivity index (χ0v) is 19.7. The third kappa shape index (κ3) is 5.00. The maximum absolute atomic E-state index is 12.2. The second kappa shape index (κ2) is 9.36. The molecule has 0 spiro atoms. The van der Waals surface area contributed by atoms with Crippen LogP contribution in [0.3, 0.4) is 0 Å². The lowest BCUT2D eigenvalue weighted by atomic mass is 10.00. The number of sulfonamides is 1. The molecular weight excluding hydrogens is 434 g/mol. The molecule has 4 rings (SSSR count). The third-order valence-corrected chi connectivity index (χ3v) is 8.35. The molecule has 0 aliphatic carbocycles. The molecule has 8 heteroatoms. The summed E-state index contributed by atoms with van der Waals surface area (Å²) in [6, 6.07) is 14.1. The molecule has 1 atom stereocenters. The maximum Gasteiger partial charge on any atom is 0.213 e. The predicted octanol–water partition coefficient (Wildman–Crippen LogP) is 3.77. The van der Waals surface area contributed by atoms with Gasteiger partial charge >= 0.3 is 0 Å². The molecule has 1 unspecified atom stereocenters. The van der Waals surface area contributed by atoms with Crippen molar-refractivity contribution in [3.63, 3.8) is 0 Å². The summed E-state index contributed by atoms with van der Waals surface area (Å²) in [7, 11) is -0.994. The van der Waals surface area contributed by atoms with Gasteiger partial charge in [0.05, 0.1) is 10.8 Å². The molecule has 31 heavy (non-hydrogen) atoms. The summed E-state index contributed by atoms with van der Waals surface area (Å²) in [4.78, 5) is 4.58. The average Bonchev–Trinajstić information content (AvgIpc) is 2.93. The molecule has 0 amide bonds. The molecule has 0 bridgehead atoms. The van der Waals surface area contributed by atoms with E-state index < -0.39 is 10.0 Å². The molecule has 0 N–H and O–H groups in total. The Kier molecular flexibility index (Phi) is 6.77. The molecule has 2 aromatic rings. The zero-order valence-electron chi connectivity index (χ0n) is 18.1. The first kappa shape index (κ1) is 22.4. The minimum absolute atomic E-state index is 0.0551. The highest BCUT2D eigenvalue weighted by atomic mass is 35.5. The third-order valence-electron chi connectivity index (χ3n) is 6.15. The normalized spacial score (nSPS) is 20.9. The summed E-state index contributed by atoms with van der Waals surface area (Å²) in [5, 5.41) is 0.623. The van der Waals surface area contributed by atoms with E-state index in [0.29, 0.717) is 37.0 Å². The van der Waals surface area contributed by atoms with Gasteiger partial charge in [0.25, 0.3) is 0 Å². The van der Waals surface area contributed by atoms with Gasteiger partial charge in [-0.15, -0.1) is 0 Å². The van der Waals surface area contributed by atoms with Crippen molar-refractivity contribution in [3.05, 3.63) is 58.6 Å². The monoisotopic (exact) mass is 463 g/mol. The largest absolute Gasteiger partial charge is 0.484 e. The van der Waals surface area contributed by atoms with Gasteiger partial charge in [-0.05, 0) is 49.4 Å². The van der Waals surface area contributed by atoms with Crippen LogP contribution < -0.4 is 9.64 Å². The Balaban J connectivity index is 1.54. The maximum atomic E-state index is 12.2. The van der Waals surface area contributed by atoms with E-state index in [9.17, 15) is 8.42 Å². The van der Waals surface area contributed by atoms with Crippen LogP contribution in [-0.2, 0) is 16.6 Å². The first-order chi connectivity index (χ1) is 14.9. The van der Waals surface area contributed by atoms with Crippen LogP contribution in [0, 0.1) is 0 Å². The Labute approximate surface area is 190 Å². The number of hydrogen-bond acceptors (Lipinski definition) is 5. The summed E-state index contributed by atoms with van der Waals surface area (Å²) >= 11 is 6.33. The fraction of sp³-hybridized carbons (Fsp3) is 0.478. The Hall–Kier alpha value is -1.80. The van der Waals surface area contributed by atoms with Crippen molar-refractivity contribution in [2.45, 2.75) is 26.0 Å². The minimum Gasteiger partial charge on any atom is -0.484 e. The molecule has 2 aromatic carbocycles. The van der Waals surface area contributed by atoms with Crippen molar-refractivity contribution in [2.75, 3.05) is 50.4 Å². The van der Waals surface area contributed by atoms with Crippen molar-refractivity contribution in [1.29, 1.82) is 0 Å². The van der Waals surface area contributed by atoms with Gasteiger partial charge in [0, 0.05) is 51.4 Å². The molecule has 1 fully saturated rings. The summed E-state index contributed by atoms with van der Waals surface area (Å²) in [6.07, 6.45) is 0.835. The number of hydrogen-bond donors (Lipinski definition) is 0. The van der Waals surface area contributed by atoms with Gasteiger partial charge < -0.3 is 14.5 Å². The van der Waals surface area contributed by atoms with Crippen LogP contribution in [0.1, 0.15) is 30.6 Å². The van der Waals surface area contributed by atoms with Gasteiger partial charge in [0.15, 0.2) is 0 Å². The predicted molar refractivity (Wildman–Crippen MR) is 125 cm³/mol. The highest BCUT2D eigenvalue weighted by molar-refractivity contribution is 7.89. The molecule has 2 heterocycles. The van der Waals surface area contributed by atoms with Crippen molar-refractivity contribution in [2.24, 2.45) is 0 Å². The van der Waals surface area contributed by atoms with E-state index in [1.165, 1.54) is 11.1 Å². The van der Waals surface area contributed by atoms with E-state index >= 15 is 0 Å². The number of anilines is 1. The molecule has 6 nitrogen and oxygen atoms in total. The molecule has 168 valence electrons. The van der Waals surface area contributed by atoms with Gasteiger partial charge in [-0.25, -0.2) is 8.42 Å². The molecule has 1 saturated heterocycles. The van der Waals surface area contributed by atoms with Crippen LogP contribution in [0.2, 0.25) is 5.02 Å². The smallest absolute Gasteiger partial charge is 0.213 e. The summed E-state index contributed by atoms with van der Waals surface area (Å²) in [6.45, 7) is 5.96. The lowest BCUT2D eigenvalue weighted by Crippen LogP contribution is -2.49. The van der Waals surface area contributed by atoms with Crippen molar-refractivity contribution in [3.8, 4) is 5.75 Å². The Morgan fingerprint density at radius 2 is 1.81 bits per heavy atom. The van der Waals surface area contributed by atoms with Crippen LogP contribution in [0.25, 0.3) is 0 Å². The van der Waals surface area contributed by atoms with Crippen molar-refractivity contribution in [1.82, 2.24) is 9.21 Å². The van der Waals surface area contributed by atoms with Gasteiger partial charge in [-0.3, -0.25) is 0 Å². The van der Waals surface area contributed by atoms with Crippen LogP contribution in [0.5, 0.6) is 5.75 Å². The molecular formula is C23H30ClN3O3S. The van der Waals surface area contributed by atoms with E-state index in [1.807, 2.05) is 24.3 Å². The first-order valence-corrected chi connectivity index (χ1v) is 12.8. The lowest BCUT2D eigenvalue weighted by molar-refractivity contribution is 0.183. The van der Waals surface area contributed by atoms with Crippen LogP contribution in [0.15, 0.2) is 42.5 Å². The second-order valence-electron chi connectivity index (χ2n) is 8.23. The molecule has 0 aromatic heterocycles. The second-order valence-corrected chi connectivity index (χ2v) is 10.9. The number of rotatable bonds is 5. The topological polar surface area (TPSA) is 53.1 Å². The lowest BCUT2D eigenvalue weighted by Gasteiger charge is -2.35. The quantitative estimate of drug-likeness (QED) is 0.675. The van der Waals surface area contributed by atoms with Crippen molar-refractivity contribution < 1.29 is 13.2 Å². The number of piperazine rings is 1. The standard InChI is InChI=1S/C23H30ClN3O3S/c1-3-31(28,29)27-14-12-26(13-15-27)19-8-9-20-18(16-19)17-25(2)11-10-22(20)30-23-7-5-4-6-21(23)24/h4-9,16,22H,3,10-15,17H2,1-2H3. The highest BCUT2D eigenvalue weighted by Gasteiger charge is 2.27. The zero-order chi connectivity index (χ0) is 22.0. The Morgan fingerprint density at radius 3 is 2.52 bits per heavy atom. The van der Waals surface area contributed by atoms with Gasteiger partial charge in [-0.1, -0.05) is 29.8 Å². The number of ether oxygens (including phenoxy) is 1. The van der Waals surface area contributed by atoms with Crippen LogP contribution >= 0.6 is 11.6 Å². The highest BCUT2D eigenvalue weighted by Crippen LogP contribution is 2.35. The molecule has 0 saturated carbocycles. The molecule has 0 radical (unpaired) electrons. The number of fused-ring (bicyclic) bond motifs is 1. The van der Waals surface area contributed by atoms with E-state index in [2.05, 4.69) is 35.0 Å². The van der Waals surface area contributed by atoms with Crippen LogP contribution in [0.4, 0.5) is 5.69 Å². The number of para-hydroxylation sites is 1. The van der Waals surface area contributed by atoms with Crippen LogP contribution in [-0.4, -0.2) is 63.1 Å². The van der Waals surface area contributed by atoms with Gasteiger partial charge in [-0.2, -0.15) is 4.31 Å². The fourth-order valence-corrected chi connectivity index (χ4v) is 5.59.